The summed E-state index contributed by atoms with van der Waals surface area (Å²) in [4.78, 5) is 54.1. The molecule has 0 fully saturated rings. The number of carbonyl (C=O) groups excluding carboxylic acids is 4. The Morgan fingerprint density at radius 2 is 1.61 bits per heavy atom. The van der Waals surface area contributed by atoms with E-state index in [-0.39, 0.29) is 45.4 Å². The summed E-state index contributed by atoms with van der Waals surface area (Å²) in [6.07, 6.45) is 0.250. The number of benzene rings is 2. The van der Waals surface area contributed by atoms with E-state index in [2.05, 4.69) is 5.32 Å². The molecule has 214 valence electrons. The van der Waals surface area contributed by atoms with E-state index in [1.54, 1.807) is 38.1 Å². The summed E-state index contributed by atoms with van der Waals surface area (Å²) >= 11 is 6.56. The van der Waals surface area contributed by atoms with Gasteiger partial charge in [0.1, 0.15) is 22.1 Å². The van der Waals surface area contributed by atoms with Gasteiger partial charge in [0, 0.05) is 34.9 Å². The minimum atomic E-state index is -1.97. The van der Waals surface area contributed by atoms with Gasteiger partial charge in [0.05, 0.1) is 39.6 Å². The number of carbonyl (C=O) groups is 4. The molecule has 41 heavy (non-hydrogen) atoms. The minimum absolute atomic E-state index is 0.000203. The fourth-order valence-corrected chi connectivity index (χ4v) is 6.18. The molecule has 0 unspecified atom stereocenters. The Hall–Kier alpha value is -4.31. The fourth-order valence-electron chi connectivity index (χ4n) is 5.92. The van der Waals surface area contributed by atoms with E-state index in [1.807, 2.05) is 0 Å². The summed E-state index contributed by atoms with van der Waals surface area (Å²) in [7, 11) is 5.33. The zero-order chi connectivity index (χ0) is 29.8. The highest BCUT2D eigenvalue weighted by Gasteiger charge is 2.63. The SMILES string of the molecule is COC(=O)C1=C(C)NC2=C(C(=O)[C@@]3(Oc4c(Cl)c(OC)cc(OC)c4C3=O)[C@H](C)C2)[C@@H]1c1ccc(C(=O)OC)cc1. The molecule has 3 atom stereocenters. The molecule has 2 aliphatic heterocycles. The van der Waals surface area contributed by atoms with E-state index >= 15 is 0 Å². The van der Waals surface area contributed by atoms with Crippen molar-refractivity contribution in [3.63, 3.8) is 0 Å². The van der Waals surface area contributed by atoms with E-state index in [1.165, 1.54) is 34.5 Å². The summed E-state index contributed by atoms with van der Waals surface area (Å²) < 4.78 is 27.0. The Morgan fingerprint density at radius 3 is 2.20 bits per heavy atom. The second-order valence-electron chi connectivity index (χ2n) is 9.99. The van der Waals surface area contributed by atoms with Crippen LogP contribution in [0.4, 0.5) is 0 Å². The van der Waals surface area contributed by atoms with Crippen molar-refractivity contribution in [1.82, 2.24) is 5.32 Å². The van der Waals surface area contributed by atoms with Crippen molar-refractivity contribution >= 4 is 35.1 Å². The van der Waals surface area contributed by atoms with Crippen LogP contribution in [0.3, 0.4) is 0 Å². The molecule has 1 aliphatic carbocycles. The van der Waals surface area contributed by atoms with E-state index in [4.69, 9.17) is 35.3 Å². The molecule has 2 aromatic carbocycles. The van der Waals surface area contributed by atoms with Gasteiger partial charge in [-0.25, -0.2) is 9.59 Å². The molecule has 1 spiro atoms. The van der Waals surface area contributed by atoms with Gasteiger partial charge in [-0.05, 0) is 31.0 Å². The number of nitrogens with one attached hydrogen (secondary N) is 1. The first-order valence-electron chi connectivity index (χ1n) is 12.8. The van der Waals surface area contributed by atoms with Crippen LogP contribution in [0, 0.1) is 5.92 Å². The van der Waals surface area contributed by atoms with Crippen molar-refractivity contribution in [2.24, 2.45) is 5.92 Å². The number of hydrogen-bond donors (Lipinski definition) is 1. The zero-order valence-electron chi connectivity index (χ0n) is 23.3. The van der Waals surface area contributed by atoms with Crippen molar-refractivity contribution in [1.29, 1.82) is 0 Å². The van der Waals surface area contributed by atoms with E-state index in [0.717, 1.165) is 0 Å². The first-order valence-corrected chi connectivity index (χ1v) is 13.1. The minimum Gasteiger partial charge on any atom is -0.496 e. The lowest BCUT2D eigenvalue weighted by Gasteiger charge is -2.42. The molecule has 0 saturated heterocycles. The summed E-state index contributed by atoms with van der Waals surface area (Å²) in [6.45, 7) is 3.47. The summed E-state index contributed by atoms with van der Waals surface area (Å²) in [5, 5.41) is 3.24. The van der Waals surface area contributed by atoms with Crippen LogP contribution in [0.2, 0.25) is 5.02 Å². The second-order valence-corrected chi connectivity index (χ2v) is 10.4. The van der Waals surface area contributed by atoms with E-state index in [9.17, 15) is 19.2 Å². The molecule has 11 heteroatoms. The number of methoxy groups -OCH3 is 4. The van der Waals surface area contributed by atoms with Crippen LogP contribution in [0.1, 0.15) is 52.5 Å². The van der Waals surface area contributed by atoms with Crippen LogP contribution in [-0.4, -0.2) is 57.5 Å². The maximum absolute atomic E-state index is 14.7. The number of allylic oxidation sites excluding steroid dienone is 2. The molecule has 0 radical (unpaired) electrons. The van der Waals surface area contributed by atoms with Gasteiger partial charge in [-0.15, -0.1) is 0 Å². The average molecular weight is 582 g/mol. The lowest BCUT2D eigenvalue weighted by Crippen LogP contribution is -2.58. The number of hydrogen-bond acceptors (Lipinski definition) is 10. The van der Waals surface area contributed by atoms with Crippen LogP contribution in [0.5, 0.6) is 17.2 Å². The third kappa shape index (κ3) is 4.00. The highest BCUT2D eigenvalue weighted by molar-refractivity contribution is 6.36. The van der Waals surface area contributed by atoms with Gasteiger partial charge in [-0.3, -0.25) is 9.59 Å². The van der Waals surface area contributed by atoms with E-state index < -0.39 is 40.9 Å². The summed E-state index contributed by atoms with van der Waals surface area (Å²) in [5.41, 5.74) is 0.338. The number of Topliss-reactive ketones (excluding diaryl/α,β-unsaturated/α-hetero) is 2. The third-order valence-electron chi connectivity index (χ3n) is 7.92. The highest BCUT2D eigenvalue weighted by atomic mass is 35.5. The van der Waals surface area contributed by atoms with E-state index in [0.29, 0.717) is 22.5 Å². The predicted molar refractivity (Wildman–Crippen MR) is 146 cm³/mol. The zero-order valence-corrected chi connectivity index (χ0v) is 24.1. The van der Waals surface area contributed by atoms with Crippen LogP contribution in [0.15, 0.2) is 52.9 Å². The monoisotopic (exact) mass is 581 g/mol. The molecule has 10 nitrogen and oxygen atoms in total. The molecule has 0 aromatic heterocycles. The summed E-state index contributed by atoms with van der Waals surface area (Å²) in [5.74, 6) is -3.57. The van der Waals surface area contributed by atoms with Gasteiger partial charge >= 0.3 is 11.9 Å². The quantitative estimate of drug-likeness (QED) is 0.406. The first kappa shape index (κ1) is 28.2. The number of esters is 2. The van der Waals surface area contributed by atoms with Gasteiger partial charge in [0.15, 0.2) is 5.75 Å². The molecule has 5 rings (SSSR count). The number of fused-ring (bicyclic) bond motifs is 1. The number of dihydropyridines is 1. The van der Waals surface area contributed by atoms with Crippen LogP contribution >= 0.6 is 11.6 Å². The average Bonchev–Trinajstić information content (AvgIpc) is 3.29. The first-order chi connectivity index (χ1) is 19.5. The largest absolute Gasteiger partial charge is 0.496 e. The lowest BCUT2D eigenvalue weighted by atomic mass is 9.65. The number of halogens is 1. The second kappa shape index (κ2) is 10.3. The molecule has 0 bridgehead atoms. The standard InChI is InChI=1S/C30H28ClNO9/c1-13-11-17-22(26(33)30(13)27(34)23-18(37-3)12-19(38-4)24(31)25(23)41-30)21(20(14(2)32-17)29(36)40-6)15-7-9-16(10-8-15)28(35)39-5/h7-10,12-13,21,32H,11H2,1-6H3/t13-,21-,30+/m1/s1. The highest BCUT2D eigenvalue weighted by Crippen LogP contribution is 2.56. The van der Waals surface area contributed by atoms with Crippen molar-refractivity contribution in [2.45, 2.75) is 31.8 Å². The Balaban J connectivity index is 1.69. The third-order valence-corrected chi connectivity index (χ3v) is 8.28. The number of ether oxygens (including phenoxy) is 5. The van der Waals surface area contributed by atoms with Crippen LogP contribution in [0.25, 0.3) is 0 Å². The summed E-state index contributed by atoms with van der Waals surface area (Å²) in [6, 6.07) is 7.84. The molecule has 2 heterocycles. The van der Waals surface area contributed by atoms with Gasteiger partial charge in [0.2, 0.25) is 17.2 Å². The molecule has 0 amide bonds. The molecule has 3 aliphatic rings. The number of ketones is 2. The normalized spacial score (nSPS) is 23.0. The predicted octanol–water partition coefficient (Wildman–Crippen LogP) is 4.15. The topological polar surface area (TPSA) is 126 Å². The molecule has 0 saturated carbocycles. The maximum atomic E-state index is 14.7. The molecular weight excluding hydrogens is 554 g/mol. The van der Waals surface area contributed by atoms with Crippen LogP contribution < -0.4 is 19.5 Å². The van der Waals surface area contributed by atoms with Crippen molar-refractivity contribution < 1.29 is 42.9 Å². The number of rotatable bonds is 5. The fraction of sp³-hybridized carbons (Fsp3) is 0.333. The Kier molecular flexibility index (Phi) is 7.07. The van der Waals surface area contributed by atoms with Gasteiger partial charge in [-0.1, -0.05) is 30.7 Å². The smallest absolute Gasteiger partial charge is 0.337 e. The Morgan fingerprint density at radius 1 is 0.976 bits per heavy atom. The molecular formula is C30H28ClNO9. The molecule has 2 aromatic rings. The maximum Gasteiger partial charge on any atom is 0.337 e. The molecule has 1 N–H and O–H groups in total. The van der Waals surface area contributed by atoms with Crippen LogP contribution in [-0.2, 0) is 19.1 Å². The Bertz CT molecular complexity index is 1570. The van der Waals surface area contributed by atoms with Crippen molar-refractivity contribution in [3.05, 3.63) is 74.6 Å². The van der Waals surface area contributed by atoms with Crippen molar-refractivity contribution in [3.8, 4) is 17.2 Å². The van der Waals surface area contributed by atoms with Gasteiger partial charge in [-0.2, -0.15) is 0 Å². The van der Waals surface area contributed by atoms with Crippen molar-refractivity contribution in [2.75, 3.05) is 28.4 Å². The van der Waals surface area contributed by atoms with Gasteiger partial charge < -0.3 is 29.0 Å². The Labute approximate surface area is 241 Å². The lowest BCUT2D eigenvalue weighted by molar-refractivity contribution is -0.136. The van der Waals surface area contributed by atoms with Gasteiger partial charge in [0.25, 0.3) is 0 Å².